The van der Waals surface area contributed by atoms with Crippen LogP contribution in [0.4, 0.5) is 11.9 Å². The van der Waals surface area contributed by atoms with Crippen LogP contribution in [0, 0.1) is 0 Å². The van der Waals surface area contributed by atoms with Gasteiger partial charge in [0.1, 0.15) is 0 Å². The van der Waals surface area contributed by atoms with Crippen molar-refractivity contribution in [2.24, 2.45) is 5.73 Å². The normalized spacial score (nSPS) is 17.7. The highest BCUT2D eigenvalue weighted by atomic mass is 35.6. The van der Waals surface area contributed by atoms with Crippen molar-refractivity contribution in [2.45, 2.75) is 16.8 Å². The van der Waals surface area contributed by atoms with Gasteiger partial charge in [-0.15, -0.1) is 0 Å². The van der Waals surface area contributed by atoms with Crippen LogP contribution < -0.4 is 16.0 Å². The van der Waals surface area contributed by atoms with Gasteiger partial charge in [-0.1, -0.05) is 34.8 Å². The molecule has 1 fully saturated rings. The Hall–Kier alpha value is -0.600. The smallest absolute Gasteiger partial charge is 0.250 e. The molecule has 1 aliphatic heterocycles. The minimum absolute atomic E-state index is 0.0511. The van der Waals surface area contributed by atoms with Crippen LogP contribution in [0.3, 0.4) is 0 Å². The standard InChI is InChI=1S/C11H17Cl3N6O/c1-7(15)6-16-9-17-8(11(12,13)14)18-10(19-9)20-2-4-21-5-3-20/h7H,2-6,15H2,1H3,(H,16,17,18,19). The summed E-state index contributed by atoms with van der Waals surface area (Å²) < 4.78 is 3.59. The molecule has 0 aliphatic carbocycles. The number of alkyl halides is 3. The maximum absolute atomic E-state index is 5.89. The lowest BCUT2D eigenvalue weighted by atomic mass is 10.4. The first-order valence-electron chi connectivity index (χ1n) is 6.51. The summed E-state index contributed by atoms with van der Waals surface area (Å²) in [6, 6.07) is -0.0511. The van der Waals surface area contributed by atoms with E-state index in [0.29, 0.717) is 44.7 Å². The van der Waals surface area contributed by atoms with Crippen LogP contribution >= 0.6 is 34.8 Å². The van der Waals surface area contributed by atoms with Crippen molar-refractivity contribution in [2.75, 3.05) is 43.1 Å². The van der Waals surface area contributed by atoms with Crippen LogP contribution in [-0.4, -0.2) is 53.8 Å². The molecule has 2 heterocycles. The summed E-state index contributed by atoms with van der Waals surface area (Å²) in [6.45, 7) is 4.94. The molecule has 1 aromatic heterocycles. The molecule has 118 valence electrons. The maximum Gasteiger partial charge on any atom is 0.250 e. The number of morpholine rings is 1. The summed E-state index contributed by atoms with van der Waals surface area (Å²) in [5.74, 6) is 0.878. The zero-order valence-corrected chi connectivity index (χ0v) is 13.8. The quantitative estimate of drug-likeness (QED) is 0.787. The van der Waals surface area contributed by atoms with Crippen molar-refractivity contribution in [3.63, 3.8) is 0 Å². The molecule has 1 atom stereocenters. The Labute approximate surface area is 138 Å². The Morgan fingerprint density at radius 3 is 2.52 bits per heavy atom. The third-order valence-corrected chi connectivity index (χ3v) is 3.26. The fourth-order valence-electron chi connectivity index (χ4n) is 1.73. The van der Waals surface area contributed by atoms with Gasteiger partial charge in [-0.05, 0) is 6.92 Å². The van der Waals surface area contributed by atoms with Crippen molar-refractivity contribution < 1.29 is 4.74 Å². The van der Waals surface area contributed by atoms with Gasteiger partial charge in [0.25, 0.3) is 0 Å². The Morgan fingerprint density at radius 1 is 1.29 bits per heavy atom. The van der Waals surface area contributed by atoms with Crippen molar-refractivity contribution in [1.82, 2.24) is 15.0 Å². The minimum Gasteiger partial charge on any atom is -0.378 e. The molecule has 3 N–H and O–H groups in total. The zero-order valence-electron chi connectivity index (χ0n) is 11.5. The van der Waals surface area contributed by atoms with Gasteiger partial charge in [0.15, 0.2) is 5.82 Å². The van der Waals surface area contributed by atoms with Gasteiger partial charge in [0.2, 0.25) is 15.7 Å². The van der Waals surface area contributed by atoms with Gasteiger partial charge in [-0.2, -0.15) is 15.0 Å². The molecule has 0 bridgehead atoms. The third-order valence-electron chi connectivity index (χ3n) is 2.75. The average molecular weight is 356 g/mol. The summed E-state index contributed by atoms with van der Waals surface area (Å²) in [5, 5.41) is 3.02. The van der Waals surface area contributed by atoms with Gasteiger partial charge in [0, 0.05) is 25.7 Å². The van der Waals surface area contributed by atoms with Crippen LogP contribution in [0.2, 0.25) is 0 Å². The van der Waals surface area contributed by atoms with Crippen LogP contribution in [0.15, 0.2) is 0 Å². The summed E-state index contributed by atoms with van der Waals surface area (Å²) in [7, 11) is 0. The number of halogens is 3. The number of hydrogen-bond donors (Lipinski definition) is 2. The van der Waals surface area contributed by atoms with Gasteiger partial charge < -0.3 is 20.7 Å². The zero-order chi connectivity index (χ0) is 15.5. The molecule has 0 saturated carbocycles. The predicted molar refractivity (Wildman–Crippen MR) is 84.2 cm³/mol. The second-order valence-corrected chi connectivity index (χ2v) is 7.02. The molecular weight excluding hydrogens is 339 g/mol. The monoisotopic (exact) mass is 354 g/mol. The molecule has 0 aromatic carbocycles. The molecule has 1 unspecified atom stereocenters. The Morgan fingerprint density at radius 2 is 1.95 bits per heavy atom. The van der Waals surface area contributed by atoms with E-state index in [1.807, 2.05) is 11.8 Å². The van der Waals surface area contributed by atoms with E-state index in [1.165, 1.54) is 0 Å². The van der Waals surface area contributed by atoms with E-state index >= 15 is 0 Å². The van der Waals surface area contributed by atoms with Crippen molar-refractivity contribution in [3.8, 4) is 0 Å². The Balaban J connectivity index is 2.27. The van der Waals surface area contributed by atoms with E-state index in [4.69, 9.17) is 45.3 Å². The lowest BCUT2D eigenvalue weighted by molar-refractivity contribution is 0.122. The minimum atomic E-state index is -1.71. The van der Waals surface area contributed by atoms with Gasteiger partial charge >= 0.3 is 0 Å². The third kappa shape index (κ3) is 4.96. The first-order chi connectivity index (χ1) is 9.86. The fraction of sp³-hybridized carbons (Fsp3) is 0.727. The number of anilines is 2. The first kappa shape index (κ1) is 16.8. The fourth-order valence-corrected chi connectivity index (χ4v) is 1.98. The molecule has 0 radical (unpaired) electrons. The van der Waals surface area contributed by atoms with E-state index in [2.05, 4.69) is 20.3 Å². The first-order valence-corrected chi connectivity index (χ1v) is 7.65. The Kier molecular flexibility index (Phi) is 5.67. The van der Waals surface area contributed by atoms with Gasteiger partial charge in [0.05, 0.1) is 13.2 Å². The largest absolute Gasteiger partial charge is 0.378 e. The number of aromatic nitrogens is 3. The van der Waals surface area contributed by atoms with Gasteiger partial charge in [-0.3, -0.25) is 0 Å². The van der Waals surface area contributed by atoms with Crippen molar-refractivity contribution in [1.29, 1.82) is 0 Å². The maximum atomic E-state index is 5.89. The molecule has 10 heteroatoms. The number of nitrogens with one attached hydrogen (secondary N) is 1. The molecule has 1 saturated heterocycles. The van der Waals surface area contributed by atoms with Crippen LogP contribution in [0.1, 0.15) is 12.7 Å². The van der Waals surface area contributed by atoms with Crippen LogP contribution in [-0.2, 0) is 8.53 Å². The Bertz CT molecular complexity index is 476. The van der Waals surface area contributed by atoms with Crippen LogP contribution in [0.5, 0.6) is 0 Å². The van der Waals surface area contributed by atoms with E-state index < -0.39 is 3.79 Å². The molecular formula is C11H17Cl3N6O. The van der Waals surface area contributed by atoms with Gasteiger partial charge in [-0.25, -0.2) is 0 Å². The summed E-state index contributed by atoms with van der Waals surface area (Å²) in [4.78, 5) is 14.7. The molecule has 21 heavy (non-hydrogen) atoms. The molecule has 1 aromatic rings. The second-order valence-electron chi connectivity index (χ2n) is 4.74. The second kappa shape index (κ2) is 7.11. The van der Waals surface area contributed by atoms with Crippen molar-refractivity contribution in [3.05, 3.63) is 5.82 Å². The molecule has 0 amide bonds. The molecule has 0 spiro atoms. The average Bonchev–Trinajstić information content (AvgIpc) is 2.45. The van der Waals surface area contributed by atoms with Crippen molar-refractivity contribution >= 4 is 46.7 Å². The number of hydrogen-bond acceptors (Lipinski definition) is 7. The summed E-state index contributed by atoms with van der Waals surface area (Å²) >= 11 is 17.7. The molecule has 7 nitrogen and oxygen atoms in total. The summed E-state index contributed by atoms with van der Waals surface area (Å²) in [6.07, 6.45) is 0. The van der Waals surface area contributed by atoms with E-state index in [9.17, 15) is 0 Å². The summed E-state index contributed by atoms with van der Waals surface area (Å²) in [5.41, 5.74) is 5.71. The molecule has 2 rings (SSSR count). The number of nitrogens with two attached hydrogens (primary N) is 1. The highest BCUT2D eigenvalue weighted by Crippen LogP contribution is 2.36. The SMILES string of the molecule is CC(N)CNc1nc(N2CCOCC2)nc(C(Cl)(Cl)Cl)n1. The molecule has 1 aliphatic rings. The highest BCUT2D eigenvalue weighted by Gasteiger charge is 2.29. The predicted octanol–water partition coefficient (Wildman–Crippen LogP) is 1.29. The number of rotatable bonds is 4. The van der Waals surface area contributed by atoms with E-state index in [0.717, 1.165) is 0 Å². The lowest BCUT2D eigenvalue weighted by Gasteiger charge is -2.27. The topological polar surface area (TPSA) is 89.2 Å². The lowest BCUT2D eigenvalue weighted by Crippen LogP contribution is -2.38. The van der Waals surface area contributed by atoms with E-state index in [-0.39, 0.29) is 11.9 Å². The number of ether oxygens (including phenoxy) is 1. The highest BCUT2D eigenvalue weighted by molar-refractivity contribution is 6.66. The van der Waals surface area contributed by atoms with E-state index in [1.54, 1.807) is 0 Å². The number of nitrogens with zero attached hydrogens (tertiary/aromatic N) is 4. The van der Waals surface area contributed by atoms with Crippen LogP contribution in [0.25, 0.3) is 0 Å².